The van der Waals surface area contributed by atoms with Crippen LogP contribution in [0.3, 0.4) is 0 Å². The topological polar surface area (TPSA) is 12.0 Å². The van der Waals surface area contributed by atoms with Crippen LogP contribution in [0.5, 0.6) is 0 Å². The molecule has 0 saturated heterocycles. The molecule has 1 nitrogen and oxygen atoms in total. The van der Waals surface area contributed by atoms with E-state index in [1.165, 1.54) is 51.5 Å². The Kier molecular flexibility index (Phi) is 4.92. The zero-order chi connectivity index (χ0) is 10.0. The van der Waals surface area contributed by atoms with Gasteiger partial charge in [-0.25, -0.2) is 0 Å². The van der Waals surface area contributed by atoms with Crippen molar-refractivity contribution in [3.8, 4) is 0 Å². The summed E-state index contributed by atoms with van der Waals surface area (Å²) in [4.78, 5) is 0. The first kappa shape index (κ1) is 13.3. The summed E-state index contributed by atoms with van der Waals surface area (Å²) < 4.78 is 0. The summed E-state index contributed by atoms with van der Waals surface area (Å²) in [5.74, 6) is 0.981. The second-order valence-electron chi connectivity index (χ2n) is 5.69. The fraction of sp³-hybridized carbons (Fsp3) is 1.00. The average Bonchev–Trinajstić information content (AvgIpc) is 2.98. The third-order valence-electron chi connectivity index (χ3n) is 4.49. The highest BCUT2D eigenvalue weighted by atomic mass is 35.5. The van der Waals surface area contributed by atoms with Gasteiger partial charge in [-0.3, -0.25) is 0 Å². The van der Waals surface area contributed by atoms with Gasteiger partial charge >= 0.3 is 0 Å². The van der Waals surface area contributed by atoms with E-state index >= 15 is 0 Å². The van der Waals surface area contributed by atoms with E-state index in [1.807, 2.05) is 0 Å². The molecule has 0 aromatic carbocycles. The molecule has 15 heavy (non-hydrogen) atoms. The van der Waals surface area contributed by atoms with Crippen molar-refractivity contribution < 1.29 is 0 Å². The van der Waals surface area contributed by atoms with Gasteiger partial charge in [-0.1, -0.05) is 13.8 Å². The Labute approximate surface area is 101 Å². The van der Waals surface area contributed by atoms with Crippen molar-refractivity contribution in [2.45, 2.75) is 64.8 Å². The van der Waals surface area contributed by atoms with E-state index in [9.17, 15) is 0 Å². The molecule has 0 unspecified atom stereocenters. The van der Waals surface area contributed by atoms with Crippen molar-refractivity contribution in [1.82, 2.24) is 5.32 Å². The Bertz CT molecular complexity index is 181. The van der Waals surface area contributed by atoms with Gasteiger partial charge in [0.2, 0.25) is 0 Å². The molecule has 90 valence electrons. The van der Waals surface area contributed by atoms with Crippen molar-refractivity contribution in [2.24, 2.45) is 11.3 Å². The minimum absolute atomic E-state index is 0. The molecule has 0 aliphatic heterocycles. The Morgan fingerprint density at radius 1 is 1.13 bits per heavy atom. The predicted molar refractivity (Wildman–Crippen MR) is 68.6 cm³/mol. The first-order valence-corrected chi connectivity index (χ1v) is 6.47. The summed E-state index contributed by atoms with van der Waals surface area (Å²) >= 11 is 0. The molecule has 0 amide bonds. The van der Waals surface area contributed by atoms with E-state index < -0.39 is 0 Å². The molecule has 0 radical (unpaired) electrons. The molecular formula is C13H26ClN. The van der Waals surface area contributed by atoms with Gasteiger partial charge in [0.25, 0.3) is 0 Å². The molecule has 0 heterocycles. The maximum Gasteiger partial charge on any atom is 0.00674 e. The summed E-state index contributed by atoms with van der Waals surface area (Å²) in [7, 11) is 0. The maximum absolute atomic E-state index is 3.80. The highest BCUT2D eigenvalue weighted by Crippen LogP contribution is 2.48. The molecule has 0 spiro atoms. The lowest BCUT2D eigenvalue weighted by molar-refractivity contribution is 0.288. The van der Waals surface area contributed by atoms with Gasteiger partial charge in [0.05, 0.1) is 0 Å². The minimum Gasteiger partial charge on any atom is -0.313 e. The van der Waals surface area contributed by atoms with Crippen LogP contribution in [-0.4, -0.2) is 12.6 Å². The van der Waals surface area contributed by atoms with Crippen LogP contribution >= 0.6 is 12.4 Å². The summed E-state index contributed by atoms with van der Waals surface area (Å²) in [5, 5.41) is 3.80. The lowest BCUT2D eigenvalue weighted by Crippen LogP contribution is -2.36. The number of hydrogen-bond donors (Lipinski definition) is 1. The summed E-state index contributed by atoms with van der Waals surface area (Å²) in [6.07, 6.45) is 10.0. The van der Waals surface area contributed by atoms with Crippen molar-refractivity contribution >= 4 is 12.4 Å². The van der Waals surface area contributed by atoms with Crippen LogP contribution < -0.4 is 5.32 Å². The smallest absolute Gasteiger partial charge is 0.00674 e. The first-order chi connectivity index (χ1) is 6.74. The van der Waals surface area contributed by atoms with Gasteiger partial charge < -0.3 is 5.32 Å². The second-order valence-corrected chi connectivity index (χ2v) is 5.69. The normalized spacial score (nSPS) is 33.2. The van der Waals surface area contributed by atoms with Gasteiger partial charge in [0.1, 0.15) is 0 Å². The minimum atomic E-state index is 0. The van der Waals surface area contributed by atoms with Crippen molar-refractivity contribution in [1.29, 1.82) is 0 Å². The van der Waals surface area contributed by atoms with Gasteiger partial charge in [-0.15, -0.1) is 12.4 Å². The largest absolute Gasteiger partial charge is 0.313 e. The third kappa shape index (κ3) is 3.64. The highest BCUT2D eigenvalue weighted by Gasteiger charge is 2.40. The molecule has 1 N–H and O–H groups in total. The molecule has 0 aromatic heterocycles. The predicted octanol–water partition coefficient (Wildman–Crippen LogP) is 3.77. The van der Waals surface area contributed by atoms with Gasteiger partial charge in [-0.2, -0.15) is 0 Å². The number of rotatable bonds is 4. The molecule has 0 bridgehead atoms. The number of halogens is 1. The van der Waals surface area contributed by atoms with Gasteiger partial charge in [0.15, 0.2) is 0 Å². The van der Waals surface area contributed by atoms with Crippen LogP contribution in [0.2, 0.25) is 0 Å². The Balaban J connectivity index is 0.00000112. The first-order valence-electron chi connectivity index (χ1n) is 6.47. The molecule has 2 aliphatic rings. The Hall–Kier alpha value is 0.250. The molecule has 0 atom stereocenters. The van der Waals surface area contributed by atoms with Crippen molar-refractivity contribution in [3.05, 3.63) is 0 Å². The van der Waals surface area contributed by atoms with E-state index in [0.29, 0.717) is 0 Å². The lowest BCUT2D eigenvalue weighted by Gasteiger charge is -2.28. The number of hydrogen-bond acceptors (Lipinski definition) is 1. The fourth-order valence-corrected chi connectivity index (χ4v) is 2.66. The monoisotopic (exact) mass is 231 g/mol. The van der Waals surface area contributed by atoms with Crippen LogP contribution in [0.1, 0.15) is 58.8 Å². The maximum atomic E-state index is 3.80. The fourth-order valence-electron chi connectivity index (χ4n) is 2.66. The standard InChI is InChI=1S/C13H25N.ClH/c1-3-13(8-9-13)10-14-12-6-4-11(2)5-7-12;/h11-12,14H,3-10H2,1-2H3;1H. The molecule has 2 aliphatic carbocycles. The van der Waals surface area contributed by atoms with Crippen LogP contribution in [0, 0.1) is 11.3 Å². The Morgan fingerprint density at radius 3 is 2.20 bits per heavy atom. The number of nitrogens with one attached hydrogen (secondary N) is 1. The van der Waals surface area contributed by atoms with E-state index in [4.69, 9.17) is 0 Å². The lowest BCUT2D eigenvalue weighted by atomic mass is 9.87. The SMILES string of the molecule is CCC1(CNC2CCC(C)CC2)CC1.Cl. The van der Waals surface area contributed by atoms with Crippen molar-refractivity contribution in [3.63, 3.8) is 0 Å². The molecule has 2 heteroatoms. The van der Waals surface area contributed by atoms with Crippen LogP contribution in [-0.2, 0) is 0 Å². The summed E-state index contributed by atoms with van der Waals surface area (Å²) in [6, 6.07) is 0.843. The van der Waals surface area contributed by atoms with E-state index in [-0.39, 0.29) is 12.4 Å². The van der Waals surface area contributed by atoms with Gasteiger partial charge in [-0.05, 0) is 56.3 Å². The third-order valence-corrected chi connectivity index (χ3v) is 4.49. The van der Waals surface area contributed by atoms with Crippen LogP contribution in [0.15, 0.2) is 0 Å². The molecule has 2 saturated carbocycles. The summed E-state index contributed by atoms with van der Waals surface area (Å²) in [6.45, 7) is 6.03. The molecule has 0 aromatic rings. The zero-order valence-corrected chi connectivity index (χ0v) is 11.0. The van der Waals surface area contributed by atoms with E-state index in [1.54, 1.807) is 0 Å². The van der Waals surface area contributed by atoms with Gasteiger partial charge in [0, 0.05) is 12.6 Å². The van der Waals surface area contributed by atoms with Crippen molar-refractivity contribution in [2.75, 3.05) is 6.54 Å². The molecular weight excluding hydrogens is 206 g/mol. The van der Waals surface area contributed by atoms with E-state index in [0.717, 1.165) is 17.4 Å². The van der Waals surface area contributed by atoms with Crippen LogP contribution in [0.25, 0.3) is 0 Å². The summed E-state index contributed by atoms with van der Waals surface area (Å²) in [5.41, 5.74) is 0.725. The zero-order valence-electron chi connectivity index (χ0n) is 10.2. The second kappa shape index (κ2) is 5.54. The highest BCUT2D eigenvalue weighted by molar-refractivity contribution is 5.85. The average molecular weight is 232 g/mol. The van der Waals surface area contributed by atoms with E-state index in [2.05, 4.69) is 19.2 Å². The molecule has 2 rings (SSSR count). The Morgan fingerprint density at radius 2 is 1.73 bits per heavy atom. The van der Waals surface area contributed by atoms with Crippen LogP contribution in [0.4, 0.5) is 0 Å². The molecule has 2 fully saturated rings. The quantitative estimate of drug-likeness (QED) is 0.777.